The molecule has 1 heterocycles. The number of halogens is 1. The summed E-state index contributed by atoms with van der Waals surface area (Å²) >= 11 is 6.47. The van der Waals surface area contributed by atoms with Crippen molar-refractivity contribution in [2.45, 2.75) is 52.9 Å². The monoisotopic (exact) mass is 393 g/mol. The third-order valence-corrected chi connectivity index (χ3v) is 5.10. The molecule has 1 aliphatic heterocycles. The van der Waals surface area contributed by atoms with Crippen LogP contribution in [-0.4, -0.2) is 42.9 Å². The van der Waals surface area contributed by atoms with Crippen LogP contribution in [0.25, 0.3) is 0 Å². The molecule has 0 atom stereocenters. The van der Waals surface area contributed by atoms with E-state index in [0.29, 0.717) is 23.8 Å². The summed E-state index contributed by atoms with van der Waals surface area (Å²) in [7, 11) is 0. The molecule has 1 fully saturated rings. The fraction of sp³-hybridized carbons (Fsp3) is 0.619. The van der Waals surface area contributed by atoms with Gasteiger partial charge in [-0.2, -0.15) is 0 Å². The summed E-state index contributed by atoms with van der Waals surface area (Å²) in [6, 6.07) is 5.66. The molecular weight excluding hydrogens is 362 g/mol. The summed E-state index contributed by atoms with van der Waals surface area (Å²) in [6.45, 7) is 9.24. The van der Waals surface area contributed by atoms with Gasteiger partial charge in [-0.05, 0) is 30.5 Å². The van der Waals surface area contributed by atoms with Gasteiger partial charge in [-0.25, -0.2) is 0 Å². The Balaban J connectivity index is 1.89. The Hall–Kier alpha value is -1.75. The Kier molecular flexibility index (Phi) is 8.42. The van der Waals surface area contributed by atoms with Gasteiger partial charge in [-0.15, -0.1) is 0 Å². The number of rotatable bonds is 8. The van der Waals surface area contributed by atoms with E-state index >= 15 is 0 Å². The molecule has 150 valence electrons. The minimum atomic E-state index is 0.0320. The largest absolute Gasteiger partial charge is 0.367 e. The Morgan fingerprint density at radius 2 is 1.85 bits per heavy atom. The number of carbonyl (C=O) groups excluding carboxylic acids is 2. The van der Waals surface area contributed by atoms with Crippen LogP contribution in [0.15, 0.2) is 18.2 Å². The minimum absolute atomic E-state index is 0.0320. The third-order valence-electron chi connectivity index (χ3n) is 4.79. The van der Waals surface area contributed by atoms with Crippen LogP contribution in [0.5, 0.6) is 0 Å². The Morgan fingerprint density at radius 1 is 1.15 bits per heavy atom. The standard InChI is InChI=1S/C21H32ClN3O2/c1-4-5-6-7-20(26)23-17-8-9-19(18(22)15-17)24-10-12-25(13-11-24)21(27)14-16(2)3/h8-9,15-16H,4-7,10-14H2,1-3H3,(H,23,26). The Labute approximate surface area is 168 Å². The highest BCUT2D eigenvalue weighted by Gasteiger charge is 2.22. The number of nitrogens with one attached hydrogen (secondary N) is 1. The summed E-state index contributed by atoms with van der Waals surface area (Å²) < 4.78 is 0. The Morgan fingerprint density at radius 3 is 2.44 bits per heavy atom. The van der Waals surface area contributed by atoms with E-state index in [-0.39, 0.29) is 11.8 Å². The number of nitrogens with zero attached hydrogens (tertiary/aromatic N) is 2. The zero-order valence-corrected chi connectivity index (χ0v) is 17.5. The second-order valence-electron chi connectivity index (χ2n) is 7.64. The van der Waals surface area contributed by atoms with Crippen LogP contribution >= 0.6 is 11.6 Å². The fourth-order valence-corrected chi connectivity index (χ4v) is 3.58. The zero-order chi connectivity index (χ0) is 19.8. The fourth-order valence-electron chi connectivity index (χ4n) is 3.28. The summed E-state index contributed by atoms with van der Waals surface area (Å²) in [5.41, 5.74) is 1.69. The van der Waals surface area contributed by atoms with Gasteiger partial charge < -0.3 is 15.1 Å². The van der Waals surface area contributed by atoms with Crippen molar-refractivity contribution in [1.82, 2.24) is 4.90 Å². The van der Waals surface area contributed by atoms with E-state index in [1.165, 1.54) is 0 Å². The van der Waals surface area contributed by atoms with Crippen LogP contribution in [0.3, 0.4) is 0 Å². The topological polar surface area (TPSA) is 52.7 Å². The summed E-state index contributed by atoms with van der Waals surface area (Å²) in [4.78, 5) is 28.3. The molecule has 27 heavy (non-hydrogen) atoms. The molecule has 5 nitrogen and oxygen atoms in total. The number of hydrogen-bond acceptors (Lipinski definition) is 3. The number of amides is 2. The van der Waals surface area contributed by atoms with Crippen LogP contribution in [-0.2, 0) is 9.59 Å². The second kappa shape index (κ2) is 10.5. The lowest BCUT2D eigenvalue weighted by molar-refractivity contribution is -0.132. The van der Waals surface area contributed by atoms with Crippen LogP contribution < -0.4 is 10.2 Å². The summed E-state index contributed by atoms with van der Waals surface area (Å²) in [6.07, 6.45) is 4.23. The quantitative estimate of drug-likeness (QED) is 0.659. The first-order chi connectivity index (χ1) is 12.9. The molecule has 0 aliphatic carbocycles. The molecule has 6 heteroatoms. The van der Waals surface area contributed by atoms with E-state index in [1.54, 1.807) is 0 Å². The van der Waals surface area contributed by atoms with Crippen molar-refractivity contribution in [2.24, 2.45) is 5.92 Å². The van der Waals surface area contributed by atoms with Crippen LogP contribution in [0.2, 0.25) is 5.02 Å². The van der Waals surface area contributed by atoms with Crippen molar-refractivity contribution >= 4 is 34.8 Å². The SMILES string of the molecule is CCCCCC(=O)Nc1ccc(N2CCN(C(=O)CC(C)C)CC2)c(Cl)c1. The van der Waals surface area contributed by atoms with Gasteiger partial charge in [0.15, 0.2) is 0 Å². The molecular formula is C21H32ClN3O2. The maximum atomic E-state index is 12.2. The van der Waals surface area contributed by atoms with E-state index < -0.39 is 0 Å². The average molecular weight is 394 g/mol. The van der Waals surface area contributed by atoms with Gasteiger partial charge >= 0.3 is 0 Å². The lowest BCUT2D eigenvalue weighted by Gasteiger charge is -2.36. The number of benzene rings is 1. The maximum Gasteiger partial charge on any atom is 0.224 e. The molecule has 2 rings (SSSR count). The highest BCUT2D eigenvalue weighted by molar-refractivity contribution is 6.33. The number of unbranched alkanes of at least 4 members (excludes halogenated alkanes) is 2. The molecule has 0 radical (unpaired) electrons. The molecule has 0 bridgehead atoms. The van der Waals surface area contributed by atoms with Gasteiger partial charge in [0.1, 0.15) is 0 Å². The normalized spacial score (nSPS) is 14.6. The number of anilines is 2. The van der Waals surface area contributed by atoms with E-state index in [9.17, 15) is 9.59 Å². The molecule has 2 amide bonds. The van der Waals surface area contributed by atoms with Gasteiger partial charge in [0.2, 0.25) is 11.8 Å². The lowest BCUT2D eigenvalue weighted by atomic mass is 10.1. The van der Waals surface area contributed by atoms with Crippen LogP contribution in [0, 0.1) is 5.92 Å². The highest BCUT2D eigenvalue weighted by atomic mass is 35.5. The van der Waals surface area contributed by atoms with Crippen LogP contribution in [0.1, 0.15) is 52.9 Å². The van der Waals surface area contributed by atoms with Gasteiger partial charge in [-0.3, -0.25) is 9.59 Å². The predicted molar refractivity (Wildman–Crippen MR) is 112 cm³/mol. The van der Waals surface area contributed by atoms with E-state index in [1.807, 2.05) is 23.1 Å². The van der Waals surface area contributed by atoms with E-state index in [2.05, 4.69) is 31.0 Å². The molecule has 1 aliphatic rings. The molecule has 0 unspecified atom stereocenters. The first-order valence-corrected chi connectivity index (χ1v) is 10.4. The predicted octanol–water partition coefficient (Wildman–Crippen LogP) is 4.55. The van der Waals surface area contributed by atoms with Gasteiger partial charge in [0.05, 0.1) is 10.7 Å². The first-order valence-electron chi connectivity index (χ1n) is 10.0. The number of piperazine rings is 1. The summed E-state index contributed by atoms with van der Waals surface area (Å²) in [5, 5.41) is 3.55. The summed E-state index contributed by atoms with van der Waals surface area (Å²) in [5.74, 6) is 0.649. The van der Waals surface area contributed by atoms with E-state index in [0.717, 1.165) is 56.8 Å². The molecule has 0 saturated carbocycles. The minimum Gasteiger partial charge on any atom is -0.367 e. The Bertz CT molecular complexity index is 640. The van der Waals surface area contributed by atoms with Gasteiger partial charge in [0.25, 0.3) is 0 Å². The van der Waals surface area contributed by atoms with E-state index in [4.69, 9.17) is 11.6 Å². The first kappa shape index (κ1) is 21.5. The van der Waals surface area contributed by atoms with Crippen LogP contribution in [0.4, 0.5) is 11.4 Å². The lowest BCUT2D eigenvalue weighted by Crippen LogP contribution is -2.49. The molecule has 1 N–H and O–H groups in total. The molecule has 0 aromatic heterocycles. The van der Waals surface area contributed by atoms with Crippen molar-refractivity contribution in [1.29, 1.82) is 0 Å². The third kappa shape index (κ3) is 6.73. The van der Waals surface area contributed by atoms with Crippen molar-refractivity contribution in [3.05, 3.63) is 23.2 Å². The van der Waals surface area contributed by atoms with Crippen molar-refractivity contribution in [3.8, 4) is 0 Å². The van der Waals surface area contributed by atoms with Crippen molar-refractivity contribution < 1.29 is 9.59 Å². The van der Waals surface area contributed by atoms with Gasteiger partial charge in [0, 0.05) is 44.7 Å². The maximum absolute atomic E-state index is 12.2. The zero-order valence-electron chi connectivity index (χ0n) is 16.8. The van der Waals surface area contributed by atoms with Crippen molar-refractivity contribution in [2.75, 3.05) is 36.4 Å². The van der Waals surface area contributed by atoms with Gasteiger partial charge in [-0.1, -0.05) is 45.2 Å². The number of hydrogen-bond donors (Lipinski definition) is 1. The second-order valence-corrected chi connectivity index (χ2v) is 8.04. The van der Waals surface area contributed by atoms with Crippen molar-refractivity contribution in [3.63, 3.8) is 0 Å². The molecule has 0 spiro atoms. The average Bonchev–Trinajstić information content (AvgIpc) is 2.62. The molecule has 1 saturated heterocycles. The molecule has 1 aromatic rings. The molecule has 1 aromatic carbocycles. The smallest absolute Gasteiger partial charge is 0.224 e. The highest BCUT2D eigenvalue weighted by Crippen LogP contribution is 2.30. The number of carbonyl (C=O) groups is 2.